The molecular weight excluding hydrogens is 404 g/mol. The number of methoxy groups -OCH3 is 1. The third-order valence-corrected chi connectivity index (χ3v) is 5.99. The summed E-state index contributed by atoms with van der Waals surface area (Å²) >= 11 is 6.13. The van der Waals surface area contributed by atoms with Crippen molar-refractivity contribution in [3.8, 4) is 17.2 Å². The molecule has 0 aliphatic carbocycles. The average Bonchev–Trinajstić information content (AvgIpc) is 3.23. The molecule has 1 atom stereocenters. The molecule has 4 rings (SSSR count). The molecule has 0 radical (unpaired) electrons. The van der Waals surface area contributed by atoms with Gasteiger partial charge in [0.2, 0.25) is 12.7 Å². The Morgan fingerprint density at radius 3 is 3.03 bits per heavy atom. The highest BCUT2D eigenvalue weighted by molar-refractivity contribution is 6.32. The predicted octanol–water partition coefficient (Wildman–Crippen LogP) is 4.71. The van der Waals surface area contributed by atoms with E-state index in [0.717, 1.165) is 50.4 Å². The van der Waals surface area contributed by atoms with Crippen LogP contribution in [0.15, 0.2) is 36.4 Å². The van der Waals surface area contributed by atoms with Crippen LogP contribution in [-0.2, 0) is 11.3 Å². The molecule has 1 saturated heterocycles. The van der Waals surface area contributed by atoms with Crippen molar-refractivity contribution in [3.05, 3.63) is 47.0 Å². The molecule has 7 heteroatoms. The van der Waals surface area contributed by atoms with Crippen LogP contribution < -0.4 is 19.5 Å². The minimum absolute atomic E-state index is 0.0137. The van der Waals surface area contributed by atoms with Gasteiger partial charge in [-0.15, -0.1) is 0 Å². The number of nitrogens with one attached hydrogen (secondary N) is 1. The second-order valence-electron chi connectivity index (χ2n) is 7.83. The van der Waals surface area contributed by atoms with Gasteiger partial charge < -0.3 is 19.5 Å². The van der Waals surface area contributed by atoms with Crippen molar-refractivity contribution in [2.24, 2.45) is 5.92 Å². The van der Waals surface area contributed by atoms with Crippen molar-refractivity contribution in [2.75, 3.05) is 32.3 Å². The Bertz CT molecular complexity index is 905. The van der Waals surface area contributed by atoms with Crippen molar-refractivity contribution in [3.63, 3.8) is 0 Å². The number of piperidine rings is 1. The standard InChI is InChI=1S/C23H27ClN2O4/c1-28-20-9-8-18(12-19(20)24)25-22(27)10-7-16-4-3-11-26(13-16)14-17-5-2-6-21-23(17)30-15-29-21/h2,5-6,8-9,12,16H,3-4,7,10-11,13-15H2,1H3,(H,25,27)/t16-/m1/s1. The summed E-state index contributed by atoms with van der Waals surface area (Å²) in [4.78, 5) is 14.8. The van der Waals surface area contributed by atoms with Crippen molar-refractivity contribution in [1.29, 1.82) is 0 Å². The fourth-order valence-electron chi connectivity index (χ4n) is 4.19. The van der Waals surface area contributed by atoms with E-state index >= 15 is 0 Å². The lowest BCUT2D eigenvalue weighted by Crippen LogP contribution is -2.35. The van der Waals surface area contributed by atoms with Gasteiger partial charge in [-0.1, -0.05) is 23.7 Å². The van der Waals surface area contributed by atoms with Crippen LogP contribution in [0.1, 0.15) is 31.2 Å². The van der Waals surface area contributed by atoms with Gasteiger partial charge in [-0.05, 0) is 56.0 Å². The highest BCUT2D eigenvalue weighted by atomic mass is 35.5. The highest BCUT2D eigenvalue weighted by Crippen LogP contribution is 2.36. The zero-order chi connectivity index (χ0) is 20.9. The lowest BCUT2D eigenvalue weighted by Gasteiger charge is -2.32. The highest BCUT2D eigenvalue weighted by Gasteiger charge is 2.24. The van der Waals surface area contributed by atoms with E-state index in [-0.39, 0.29) is 5.91 Å². The number of likely N-dealkylation sites (tertiary alicyclic amines) is 1. The number of rotatable bonds is 7. The van der Waals surface area contributed by atoms with Gasteiger partial charge in [0.1, 0.15) is 5.75 Å². The van der Waals surface area contributed by atoms with Crippen LogP contribution in [0, 0.1) is 5.92 Å². The molecule has 6 nitrogen and oxygen atoms in total. The van der Waals surface area contributed by atoms with Crippen LogP contribution in [-0.4, -0.2) is 37.8 Å². The number of halogens is 1. The summed E-state index contributed by atoms with van der Waals surface area (Å²) in [6, 6.07) is 11.3. The molecule has 1 N–H and O–H groups in total. The maximum atomic E-state index is 12.4. The Kier molecular flexibility index (Phi) is 6.65. The number of benzene rings is 2. The number of fused-ring (bicyclic) bond motifs is 1. The summed E-state index contributed by atoms with van der Waals surface area (Å²) in [5, 5.41) is 3.42. The van der Waals surface area contributed by atoms with E-state index in [2.05, 4.69) is 16.3 Å². The normalized spacial score (nSPS) is 18.3. The molecule has 0 saturated carbocycles. The molecule has 2 aromatic carbocycles. The minimum Gasteiger partial charge on any atom is -0.495 e. The number of hydrogen-bond donors (Lipinski definition) is 1. The molecule has 30 heavy (non-hydrogen) atoms. The van der Waals surface area contributed by atoms with E-state index in [1.165, 1.54) is 5.56 Å². The van der Waals surface area contributed by atoms with E-state index in [1.54, 1.807) is 25.3 Å². The average molecular weight is 431 g/mol. The number of amides is 1. The van der Waals surface area contributed by atoms with Gasteiger partial charge in [-0.3, -0.25) is 9.69 Å². The van der Waals surface area contributed by atoms with Gasteiger partial charge >= 0.3 is 0 Å². The third kappa shape index (κ3) is 4.99. The quantitative estimate of drug-likeness (QED) is 0.689. The van der Waals surface area contributed by atoms with E-state index in [4.69, 9.17) is 25.8 Å². The van der Waals surface area contributed by atoms with Gasteiger partial charge in [0, 0.05) is 30.8 Å². The van der Waals surface area contributed by atoms with Crippen LogP contribution in [0.3, 0.4) is 0 Å². The SMILES string of the molecule is COc1ccc(NC(=O)CC[C@H]2CCCN(Cc3cccc4c3OCO4)C2)cc1Cl. The lowest BCUT2D eigenvalue weighted by atomic mass is 9.93. The molecule has 0 spiro atoms. The Morgan fingerprint density at radius 1 is 1.30 bits per heavy atom. The summed E-state index contributed by atoms with van der Waals surface area (Å²) in [5.41, 5.74) is 1.86. The first-order valence-corrected chi connectivity index (χ1v) is 10.7. The van der Waals surface area contributed by atoms with Crippen LogP contribution >= 0.6 is 11.6 Å². The van der Waals surface area contributed by atoms with E-state index in [9.17, 15) is 4.79 Å². The first-order valence-electron chi connectivity index (χ1n) is 10.4. The maximum absolute atomic E-state index is 12.4. The van der Waals surface area contributed by atoms with Gasteiger partial charge in [0.15, 0.2) is 11.5 Å². The van der Waals surface area contributed by atoms with Crippen molar-refractivity contribution >= 4 is 23.2 Å². The third-order valence-electron chi connectivity index (χ3n) is 5.69. The number of carbonyl (C=O) groups is 1. The topological polar surface area (TPSA) is 60.0 Å². The van der Waals surface area contributed by atoms with Crippen LogP contribution in [0.5, 0.6) is 17.2 Å². The fraction of sp³-hybridized carbons (Fsp3) is 0.435. The first-order chi connectivity index (χ1) is 14.6. The second-order valence-corrected chi connectivity index (χ2v) is 8.24. The van der Waals surface area contributed by atoms with Crippen LogP contribution in [0.2, 0.25) is 5.02 Å². The van der Waals surface area contributed by atoms with Crippen molar-refractivity contribution < 1.29 is 19.0 Å². The lowest BCUT2D eigenvalue weighted by molar-refractivity contribution is -0.116. The summed E-state index contributed by atoms with van der Waals surface area (Å²) in [7, 11) is 1.57. The number of carbonyl (C=O) groups excluding carboxylic acids is 1. The van der Waals surface area contributed by atoms with Crippen LogP contribution in [0.4, 0.5) is 5.69 Å². The van der Waals surface area contributed by atoms with Crippen LogP contribution in [0.25, 0.3) is 0 Å². The largest absolute Gasteiger partial charge is 0.495 e. The molecule has 2 aromatic rings. The van der Waals surface area contributed by atoms with Gasteiger partial charge in [0.05, 0.1) is 12.1 Å². The molecule has 0 bridgehead atoms. The molecule has 2 aliphatic heterocycles. The molecule has 2 aliphatic rings. The Labute approximate surface area is 182 Å². The number of hydrogen-bond acceptors (Lipinski definition) is 5. The first kappa shape index (κ1) is 20.8. The van der Waals surface area contributed by atoms with Crippen molar-refractivity contribution in [1.82, 2.24) is 4.90 Å². The van der Waals surface area contributed by atoms with E-state index in [0.29, 0.717) is 35.6 Å². The minimum atomic E-state index is 0.0137. The van der Waals surface area contributed by atoms with Crippen molar-refractivity contribution in [2.45, 2.75) is 32.2 Å². The summed E-state index contributed by atoms with van der Waals surface area (Å²) in [6.07, 6.45) is 3.68. The molecule has 1 amide bonds. The smallest absolute Gasteiger partial charge is 0.231 e. The second kappa shape index (κ2) is 9.58. The number of ether oxygens (including phenoxy) is 3. The molecule has 160 valence electrons. The fourth-order valence-corrected chi connectivity index (χ4v) is 4.45. The molecule has 2 heterocycles. The Morgan fingerprint density at radius 2 is 2.20 bits per heavy atom. The zero-order valence-electron chi connectivity index (χ0n) is 17.2. The van der Waals surface area contributed by atoms with Gasteiger partial charge in [0.25, 0.3) is 0 Å². The van der Waals surface area contributed by atoms with Gasteiger partial charge in [-0.2, -0.15) is 0 Å². The summed E-state index contributed by atoms with van der Waals surface area (Å²) in [6.45, 7) is 3.20. The zero-order valence-corrected chi connectivity index (χ0v) is 17.9. The summed E-state index contributed by atoms with van der Waals surface area (Å²) in [5.74, 6) is 2.82. The summed E-state index contributed by atoms with van der Waals surface area (Å²) < 4.78 is 16.3. The Hall–Kier alpha value is -2.44. The Balaban J connectivity index is 1.26. The maximum Gasteiger partial charge on any atom is 0.231 e. The monoisotopic (exact) mass is 430 g/mol. The number of anilines is 1. The van der Waals surface area contributed by atoms with E-state index in [1.807, 2.05) is 12.1 Å². The number of para-hydroxylation sites is 1. The molecular formula is C23H27ClN2O4. The van der Waals surface area contributed by atoms with Gasteiger partial charge in [-0.25, -0.2) is 0 Å². The molecule has 1 fully saturated rings. The molecule has 0 unspecified atom stereocenters. The van der Waals surface area contributed by atoms with E-state index < -0.39 is 0 Å². The number of nitrogens with zero attached hydrogens (tertiary/aromatic N) is 1. The molecule has 0 aromatic heterocycles. The predicted molar refractivity (Wildman–Crippen MR) is 116 cm³/mol.